The first kappa shape index (κ1) is 18.2. The highest BCUT2D eigenvalue weighted by Gasteiger charge is 2.33. The Balaban J connectivity index is 1.69. The zero-order valence-corrected chi connectivity index (χ0v) is 15.0. The number of hydrogen-bond acceptors (Lipinski definition) is 3. The predicted octanol–water partition coefficient (Wildman–Crippen LogP) is 3.35. The fraction of sp³-hybridized carbons (Fsp3) is 0.400. The zero-order valence-electron chi connectivity index (χ0n) is 15.0. The van der Waals surface area contributed by atoms with Crippen LogP contribution < -0.4 is 5.32 Å². The molecule has 1 aromatic carbocycles. The smallest absolute Gasteiger partial charge is 0.258 e. The molecule has 6 heteroatoms. The van der Waals surface area contributed by atoms with E-state index >= 15 is 0 Å². The minimum absolute atomic E-state index is 0.166. The highest BCUT2D eigenvalue weighted by atomic mass is 19.1. The summed E-state index contributed by atoms with van der Waals surface area (Å²) in [5.74, 6) is 0.597. The number of aryl methyl sites for hydroxylation is 2. The second-order valence-corrected chi connectivity index (χ2v) is 6.68. The summed E-state index contributed by atoms with van der Waals surface area (Å²) in [6.07, 6.45) is 2.42. The van der Waals surface area contributed by atoms with Crippen molar-refractivity contribution in [2.45, 2.75) is 45.7 Å². The van der Waals surface area contributed by atoms with Crippen molar-refractivity contribution in [2.75, 3.05) is 6.54 Å². The SMILES string of the molecule is Cc1cc(C(=O)N2CCCC[C@@H]2C(=O)NCc2ccc(F)cc2)c(C)o1. The van der Waals surface area contributed by atoms with E-state index in [-0.39, 0.29) is 17.6 Å². The van der Waals surface area contributed by atoms with E-state index in [1.807, 2.05) is 0 Å². The summed E-state index contributed by atoms with van der Waals surface area (Å²) in [6.45, 7) is 4.42. The minimum atomic E-state index is -0.494. The third kappa shape index (κ3) is 3.95. The van der Waals surface area contributed by atoms with Gasteiger partial charge in [0.1, 0.15) is 23.4 Å². The maximum Gasteiger partial charge on any atom is 0.258 e. The number of piperidine rings is 1. The summed E-state index contributed by atoms with van der Waals surface area (Å²) in [7, 11) is 0. The lowest BCUT2D eigenvalue weighted by Crippen LogP contribution is -2.51. The molecule has 1 aliphatic heterocycles. The Labute approximate surface area is 152 Å². The van der Waals surface area contributed by atoms with Crippen molar-refractivity contribution in [3.8, 4) is 0 Å². The molecule has 0 saturated carbocycles. The Hall–Kier alpha value is -2.63. The lowest BCUT2D eigenvalue weighted by atomic mass is 10.00. The first-order chi connectivity index (χ1) is 12.5. The molecule has 1 atom stereocenters. The Morgan fingerprint density at radius 1 is 1.23 bits per heavy atom. The van der Waals surface area contributed by atoms with Gasteiger partial charge in [-0.25, -0.2) is 4.39 Å². The van der Waals surface area contributed by atoms with Gasteiger partial charge in [0.05, 0.1) is 5.56 Å². The Bertz CT molecular complexity index is 798. The number of benzene rings is 1. The van der Waals surface area contributed by atoms with Gasteiger partial charge in [-0.1, -0.05) is 12.1 Å². The fourth-order valence-electron chi connectivity index (χ4n) is 3.35. The van der Waals surface area contributed by atoms with Gasteiger partial charge >= 0.3 is 0 Å². The summed E-state index contributed by atoms with van der Waals surface area (Å²) >= 11 is 0. The van der Waals surface area contributed by atoms with Crippen LogP contribution in [0.25, 0.3) is 0 Å². The van der Waals surface area contributed by atoms with Crippen molar-refractivity contribution in [1.29, 1.82) is 0 Å². The largest absolute Gasteiger partial charge is 0.466 e. The number of nitrogens with zero attached hydrogens (tertiary/aromatic N) is 1. The van der Waals surface area contributed by atoms with Gasteiger partial charge < -0.3 is 14.6 Å². The number of likely N-dealkylation sites (tertiary alicyclic amines) is 1. The number of carbonyl (C=O) groups is 2. The molecule has 1 N–H and O–H groups in total. The molecule has 0 aliphatic carbocycles. The fourth-order valence-corrected chi connectivity index (χ4v) is 3.35. The van der Waals surface area contributed by atoms with E-state index in [0.717, 1.165) is 18.4 Å². The number of nitrogens with one attached hydrogen (secondary N) is 1. The molecule has 0 spiro atoms. The number of rotatable bonds is 4. The standard InChI is InChI=1S/C20H23FN2O3/c1-13-11-17(14(2)26-13)20(25)23-10-4-3-5-18(23)19(24)22-12-15-6-8-16(21)9-7-15/h6-9,11,18H,3-5,10,12H2,1-2H3,(H,22,24)/t18-/m1/s1. The zero-order chi connectivity index (χ0) is 18.7. The number of hydrogen-bond donors (Lipinski definition) is 1. The number of furan rings is 1. The third-order valence-corrected chi connectivity index (χ3v) is 4.72. The van der Waals surface area contributed by atoms with Gasteiger partial charge in [-0.15, -0.1) is 0 Å². The van der Waals surface area contributed by atoms with Gasteiger partial charge in [-0.05, 0) is 56.9 Å². The van der Waals surface area contributed by atoms with Crippen LogP contribution >= 0.6 is 0 Å². The highest BCUT2D eigenvalue weighted by Crippen LogP contribution is 2.23. The van der Waals surface area contributed by atoms with Crippen LogP contribution in [0, 0.1) is 19.7 Å². The molecule has 5 nitrogen and oxygen atoms in total. The van der Waals surface area contributed by atoms with Crippen molar-refractivity contribution in [1.82, 2.24) is 10.2 Å². The maximum absolute atomic E-state index is 13.0. The first-order valence-electron chi connectivity index (χ1n) is 8.86. The van der Waals surface area contributed by atoms with Crippen LogP contribution in [0.5, 0.6) is 0 Å². The molecular formula is C20H23FN2O3. The monoisotopic (exact) mass is 358 g/mol. The number of amides is 2. The van der Waals surface area contributed by atoms with Gasteiger partial charge in [0, 0.05) is 13.1 Å². The lowest BCUT2D eigenvalue weighted by Gasteiger charge is -2.34. The van der Waals surface area contributed by atoms with E-state index in [1.165, 1.54) is 12.1 Å². The van der Waals surface area contributed by atoms with Crippen molar-refractivity contribution < 1.29 is 18.4 Å². The molecule has 1 aliphatic rings. The second-order valence-electron chi connectivity index (χ2n) is 6.68. The van der Waals surface area contributed by atoms with Crippen LogP contribution in [0.15, 0.2) is 34.7 Å². The Morgan fingerprint density at radius 3 is 2.62 bits per heavy atom. The van der Waals surface area contributed by atoms with Crippen molar-refractivity contribution in [3.05, 3.63) is 58.8 Å². The molecule has 2 aromatic rings. The number of carbonyl (C=O) groups excluding carboxylic acids is 2. The molecule has 0 bridgehead atoms. The van der Waals surface area contributed by atoms with Gasteiger partial charge in [-0.2, -0.15) is 0 Å². The summed E-state index contributed by atoms with van der Waals surface area (Å²) in [5, 5.41) is 2.87. The van der Waals surface area contributed by atoms with Gasteiger partial charge in [-0.3, -0.25) is 9.59 Å². The van der Waals surface area contributed by atoms with E-state index in [1.54, 1.807) is 36.9 Å². The van der Waals surface area contributed by atoms with Crippen LogP contribution in [0.3, 0.4) is 0 Å². The van der Waals surface area contributed by atoms with E-state index in [2.05, 4.69) is 5.32 Å². The van der Waals surface area contributed by atoms with Gasteiger partial charge in [0.2, 0.25) is 5.91 Å². The van der Waals surface area contributed by atoms with E-state index in [9.17, 15) is 14.0 Å². The second kappa shape index (κ2) is 7.72. The molecule has 3 rings (SSSR count). The summed E-state index contributed by atoms with van der Waals surface area (Å²) in [6, 6.07) is 7.23. The molecule has 138 valence electrons. The highest BCUT2D eigenvalue weighted by molar-refractivity contribution is 5.98. The average molecular weight is 358 g/mol. The van der Waals surface area contributed by atoms with Gasteiger partial charge in [0.25, 0.3) is 5.91 Å². The average Bonchev–Trinajstić information content (AvgIpc) is 2.98. The molecule has 0 radical (unpaired) electrons. The molecule has 2 amide bonds. The maximum atomic E-state index is 13.0. The molecule has 0 unspecified atom stereocenters. The summed E-state index contributed by atoms with van der Waals surface area (Å²) in [5.41, 5.74) is 1.33. The van der Waals surface area contributed by atoms with Crippen LogP contribution in [-0.4, -0.2) is 29.3 Å². The lowest BCUT2D eigenvalue weighted by molar-refractivity contribution is -0.126. The van der Waals surface area contributed by atoms with Crippen LogP contribution in [0.2, 0.25) is 0 Å². The van der Waals surface area contributed by atoms with E-state index in [4.69, 9.17) is 4.42 Å². The molecule has 1 fully saturated rings. The molecular weight excluding hydrogens is 335 g/mol. The topological polar surface area (TPSA) is 62.6 Å². The first-order valence-corrected chi connectivity index (χ1v) is 8.86. The number of halogens is 1. The summed E-state index contributed by atoms with van der Waals surface area (Å²) in [4.78, 5) is 27.2. The predicted molar refractivity (Wildman–Crippen MR) is 95.1 cm³/mol. The Kier molecular flexibility index (Phi) is 5.40. The van der Waals surface area contributed by atoms with Crippen LogP contribution in [-0.2, 0) is 11.3 Å². The van der Waals surface area contributed by atoms with E-state index in [0.29, 0.717) is 36.6 Å². The van der Waals surface area contributed by atoms with Crippen molar-refractivity contribution >= 4 is 11.8 Å². The van der Waals surface area contributed by atoms with Gasteiger partial charge in [0.15, 0.2) is 0 Å². The third-order valence-electron chi connectivity index (χ3n) is 4.72. The molecule has 1 aromatic heterocycles. The quantitative estimate of drug-likeness (QED) is 0.912. The molecule has 26 heavy (non-hydrogen) atoms. The Morgan fingerprint density at radius 2 is 1.96 bits per heavy atom. The van der Waals surface area contributed by atoms with E-state index < -0.39 is 6.04 Å². The normalized spacial score (nSPS) is 17.2. The van der Waals surface area contributed by atoms with Crippen LogP contribution in [0.1, 0.15) is 46.7 Å². The van der Waals surface area contributed by atoms with Crippen LogP contribution in [0.4, 0.5) is 4.39 Å². The molecule has 1 saturated heterocycles. The molecule has 2 heterocycles. The minimum Gasteiger partial charge on any atom is -0.466 e. The van der Waals surface area contributed by atoms with Crippen molar-refractivity contribution in [3.63, 3.8) is 0 Å². The van der Waals surface area contributed by atoms with Crippen molar-refractivity contribution in [2.24, 2.45) is 0 Å². The summed E-state index contributed by atoms with van der Waals surface area (Å²) < 4.78 is 18.4.